The number of nitrogens with zero attached hydrogens (tertiary/aromatic N) is 3. The average molecular weight is 380 g/mol. The van der Waals surface area contributed by atoms with Gasteiger partial charge >= 0.3 is 11.8 Å². The second kappa shape index (κ2) is 9.19. The molecule has 0 spiro atoms. The number of nitrogens with one attached hydrogen (secondary N) is 1. The fourth-order valence-electron chi connectivity index (χ4n) is 4.01. The Labute approximate surface area is 161 Å². The molecular formula is C19H32N4O4. The number of carbonyl (C=O) groups excluding carboxylic acids is 4. The summed E-state index contributed by atoms with van der Waals surface area (Å²) in [6.07, 6.45) is 4.06. The van der Waals surface area contributed by atoms with E-state index in [0.717, 1.165) is 19.3 Å². The monoisotopic (exact) mass is 380 g/mol. The summed E-state index contributed by atoms with van der Waals surface area (Å²) in [4.78, 5) is 54.5. The van der Waals surface area contributed by atoms with Gasteiger partial charge in [-0.25, -0.2) is 0 Å². The largest absolute Gasteiger partial charge is 0.341 e. The van der Waals surface area contributed by atoms with Crippen molar-refractivity contribution in [3.63, 3.8) is 0 Å². The number of likely N-dealkylation sites (N-methyl/N-ethyl adjacent to an activating group) is 2. The predicted molar refractivity (Wildman–Crippen MR) is 101 cm³/mol. The summed E-state index contributed by atoms with van der Waals surface area (Å²) in [7, 11) is 0. The molecule has 1 saturated carbocycles. The summed E-state index contributed by atoms with van der Waals surface area (Å²) >= 11 is 0. The van der Waals surface area contributed by atoms with E-state index in [0.29, 0.717) is 45.6 Å². The predicted octanol–water partition coefficient (Wildman–Crippen LogP) is 0.365. The van der Waals surface area contributed by atoms with Crippen molar-refractivity contribution in [1.82, 2.24) is 20.0 Å². The Hall–Kier alpha value is -2.12. The Balaban J connectivity index is 2.07. The second-order valence-electron chi connectivity index (χ2n) is 7.28. The van der Waals surface area contributed by atoms with Gasteiger partial charge in [0.1, 0.15) is 12.1 Å². The number of hydrogen-bond donors (Lipinski definition) is 1. The molecule has 4 amide bonds. The molecule has 27 heavy (non-hydrogen) atoms. The van der Waals surface area contributed by atoms with E-state index in [-0.39, 0.29) is 18.4 Å². The Morgan fingerprint density at radius 1 is 0.963 bits per heavy atom. The number of piperazine rings is 1. The molecule has 152 valence electrons. The lowest BCUT2D eigenvalue weighted by Crippen LogP contribution is -2.63. The minimum absolute atomic E-state index is 0.0428. The maximum Gasteiger partial charge on any atom is 0.312 e. The van der Waals surface area contributed by atoms with E-state index in [1.807, 2.05) is 20.8 Å². The first kappa shape index (κ1) is 21.2. The Bertz CT molecular complexity index is 582. The summed E-state index contributed by atoms with van der Waals surface area (Å²) in [5.41, 5.74) is -0.889. The van der Waals surface area contributed by atoms with Crippen LogP contribution < -0.4 is 5.32 Å². The van der Waals surface area contributed by atoms with Gasteiger partial charge in [-0.15, -0.1) is 0 Å². The number of rotatable bonds is 7. The van der Waals surface area contributed by atoms with E-state index >= 15 is 0 Å². The van der Waals surface area contributed by atoms with Crippen LogP contribution in [-0.2, 0) is 19.2 Å². The molecule has 1 heterocycles. The molecule has 0 bridgehead atoms. The molecule has 2 aliphatic rings. The van der Waals surface area contributed by atoms with Crippen molar-refractivity contribution in [2.24, 2.45) is 0 Å². The van der Waals surface area contributed by atoms with Gasteiger partial charge in [0.25, 0.3) is 0 Å². The summed E-state index contributed by atoms with van der Waals surface area (Å²) in [6, 6.07) is 0. The molecule has 1 N–H and O–H groups in total. The van der Waals surface area contributed by atoms with Gasteiger partial charge < -0.3 is 20.0 Å². The van der Waals surface area contributed by atoms with E-state index < -0.39 is 17.4 Å². The Morgan fingerprint density at radius 3 is 2.07 bits per heavy atom. The fourth-order valence-corrected chi connectivity index (χ4v) is 4.01. The van der Waals surface area contributed by atoms with Crippen molar-refractivity contribution < 1.29 is 19.2 Å². The van der Waals surface area contributed by atoms with Gasteiger partial charge in [0.15, 0.2) is 0 Å². The van der Waals surface area contributed by atoms with Crippen LogP contribution in [0.3, 0.4) is 0 Å². The van der Waals surface area contributed by atoms with Gasteiger partial charge in [-0.1, -0.05) is 19.3 Å². The van der Waals surface area contributed by atoms with Gasteiger partial charge in [-0.3, -0.25) is 19.2 Å². The van der Waals surface area contributed by atoms with Gasteiger partial charge in [-0.2, -0.15) is 0 Å². The van der Waals surface area contributed by atoms with E-state index in [1.54, 1.807) is 4.90 Å². The van der Waals surface area contributed by atoms with Crippen LogP contribution >= 0.6 is 0 Å². The first-order chi connectivity index (χ1) is 12.9. The number of hydrogen-bond acceptors (Lipinski definition) is 4. The zero-order chi connectivity index (χ0) is 20.0. The van der Waals surface area contributed by atoms with E-state index in [9.17, 15) is 19.2 Å². The van der Waals surface area contributed by atoms with Gasteiger partial charge in [0.2, 0.25) is 11.8 Å². The Kier molecular flexibility index (Phi) is 7.21. The van der Waals surface area contributed by atoms with Crippen molar-refractivity contribution in [3.05, 3.63) is 0 Å². The second-order valence-corrected chi connectivity index (χ2v) is 7.28. The quantitative estimate of drug-likeness (QED) is 0.646. The SMILES string of the molecule is CCN1CCN(CC(=O)NC2(C(=O)N(CC)CC)CCCCC2)C(=O)C1=O. The lowest BCUT2D eigenvalue weighted by molar-refractivity contribution is -0.157. The van der Waals surface area contributed by atoms with E-state index in [2.05, 4.69) is 5.32 Å². The normalized spacial score (nSPS) is 19.8. The minimum atomic E-state index is -0.889. The van der Waals surface area contributed by atoms with Crippen molar-refractivity contribution >= 4 is 23.6 Å². The van der Waals surface area contributed by atoms with Gasteiger partial charge in [0.05, 0.1) is 0 Å². The highest BCUT2D eigenvalue weighted by Crippen LogP contribution is 2.30. The third-order valence-electron chi connectivity index (χ3n) is 5.66. The molecule has 0 unspecified atom stereocenters. The van der Waals surface area contributed by atoms with E-state index in [1.165, 1.54) is 9.80 Å². The third kappa shape index (κ3) is 4.59. The molecule has 1 aliphatic carbocycles. The fraction of sp³-hybridized carbons (Fsp3) is 0.789. The van der Waals surface area contributed by atoms with Crippen LogP contribution in [0.2, 0.25) is 0 Å². The van der Waals surface area contributed by atoms with Gasteiger partial charge in [0, 0.05) is 32.7 Å². The third-order valence-corrected chi connectivity index (χ3v) is 5.66. The maximum atomic E-state index is 13.1. The smallest absolute Gasteiger partial charge is 0.312 e. The molecule has 2 fully saturated rings. The number of carbonyl (C=O) groups is 4. The highest BCUT2D eigenvalue weighted by molar-refractivity contribution is 6.35. The maximum absolute atomic E-state index is 13.1. The van der Waals surface area contributed by atoms with Crippen molar-refractivity contribution in [3.8, 4) is 0 Å². The summed E-state index contributed by atoms with van der Waals surface area (Å²) < 4.78 is 0. The topological polar surface area (TPSA) is 90.0 Å². The standard InChI is InChI=1S/C19H32N4O4/c1-4-21(5-2)18(27)19(10-8-7-9-11-19)20-15(24)14-23-13-12-22(6-3)16(25)17(23)26/h4-14H2,1-3H3,(H,20,24). The zero-order valence-electron chi connectivity index (χ0n) is 16.8. The minimum Gasteiger partial charge on any atom is -0.341 e. The lowest BCUT2D eigenvalue weighted by atomic mass is 9.80. The first-order valence-corrected chi connectivity index (χ1v) is 10.1. The first-order valence-electron chi connectivity index (χ1n) is 10.1. The molecule has 0 aromatic carbocycles. The molecule has 0 aromatic rings. The molecule has 0 atom stereocenters. The molecule has 0 aromatic heterocycles. The molecule has 0 radical (unpaired) electrons. The molecule has 2 rings (SSSR count). The van der Waals surface area contributed by atoms with Gasteiger partial charge in [-0.05, 0) is 33.6 Å². The molecule has 8 nitrogen and oxygen atoms in total. The van der Waals surface area contributed by atoms with Crippen LogP contribution in [0.5, 0.6) is 0 Å². The van der Waals surface area contributed by atoms with Crippen LogP contribution in [0.25, 0.3) is 0 Å². The molecule has 8 heteroatoms. The highest BCUT2D eigenvalue weighted by atomic mass is 16.2. The molecule has 1 aliphatic heterocycles. The van der Waals surface area contributed by atoms with Crippen molar-refractivity contribution in [1.29, 1.82) is 0 Å². The molecule has 1 saturated heterocycles. The number of amides is 4. The van der Waals surface area contributed by atoms with Crippen LogP contribution in [-0.4, -0.2) is 83.1 Å². The average Bonchev–Trinajstić information content (AvgIpc) is 2.67. The van der Waals surface area contributed by atoms with Crippen LogP contribution in [0.4, 0.5) is 0 Å². The highest BCUT2D eigenvalue weighted by Gasteiger charge is 2.43. The zero-order valence-corrected chi connectivity index (χ0v) is 16.8. The molecular weight excluding hydrogens is 348 g/mol. The lowest BCUT2D eigenvalue weighted by Gasteiger charge is -2.40. The van der Waals surface area contributed by atoms with E-state index in [4.69, 9.17) is 0 Å². The summed E-state index contributed by atoms with van der Waals surface area (Å²) in [5.74, 6) is -1.63. The van der Waals surface area contributed by atoms with Crippen LogP contribution in [0.15, 0.2) is 0 Å². The summed E-state index contributed by atoms with van der Waals surface area (Å²) in [6.45, 7) is 7.92. The Morgan fingerprint density at radius 2 is 1.52 bits per heavy atom. The van der Waals surface area contributed by atoms with Crippen LogP contribution in [0, 0.1) is 0 Å². The van der Waals surface area contributed by atoms with Crippen molar-refractivity contribution in [2.75, 3.05) is 39.3 Å². The summed E-state index contributed by atoms with van der Waals surface area (Å²) in [5, 5.41) is 2.94. The van der Waals surface area contributed by atoms with Crippen molar-refractivity contribution in [2.45, 2.75) is 58.4 Å². The van der Waals surface area contributed by atoms with Crippen LogP contribution in [0.1, 0.15) is 52.9 Å².